The summed E-state index contributed by atoms with van der Waals surface area (Å²) in [7, 11) is 1.58. The molecule has 1 fully saturated rings. The van der Waals surface area contributed by atoms with Crippen molar-refractivity contribution in [3.8, 4) is 5.75 Å². The summed E-state index contributed by atoms with van der Waals surface area (Å²) in [4.78, 5) is 14.4. The Balaban J connectivity index is 1.96. The van der Waals surface area contributed by atoms with E-state index in [-0.39, 0.29) is 11.8 Å². The minimum Gasteiger partial charge on any atom is -0.493 e. The van der Waals surface area contributed by atoms with Crippen molar-refractivity contribution in [3.63, 3.8) is 0 Å². The third kappa shape index (κ3) is 2.35. The van der Waals surface area contributed by atoms with E-state index < -0.39 is 6.10 Å². The van der Waals surface area contributed by atoms with Crippen LogP contribution < -0.4 is 4.74 Å². The lowest BCUT2D eigenvalue weighted by atomic mass is 9.96. The fourth-order valence-electron chi connectivity index (χ4n) is 2.96. The molecule has 2 atom stereocenters. The number of furan rings is 1. The predicted octanol–water partition coefficient (Wildman–Crippen LogP) is 2.59. The molecule has 2 aromatic rings. The van der Waals surface area contributed by atoms with Gasteiger partial charge in [-0.15, -0.1) is 0 Å². The number of para-hydroxylation sites is 1. The quantitative estimate of drug-likeness (QED) is 0.926. The van der Waals surface area contributed by atoms with Crippen molar-refractivity contribution in [2.24, 2.45) is 5.92 Å². The number of aryl methyl sites for hydroxylation is 1. The lowest BCUT2D eigenvalue weighted by Gasteiger charge is -2.33. The van der Waals surface area contributed by atoms with Gasteiger partial charge in [0.25, 0.3) is 5.91 Å². The summed E-state index contributed by atoms with van der Waals surface area (Å²) in [5.41, 5.74) is 1.41. The molecule has 0 radical (unpaired) electrons. The SMILES string of the molecule is COc1cccc2c(C)c(C(=O)N3CCC(C)C(O)C3)oc12. The molecule has 5 nitrogen and oxygen atoms in total. The number of carbonyl (C=O) groups excluding carboxylic acids is 1. The van der Waals surface area contributed by atoms with Gasteiger partial charge in [-0.25, -0.2) is 0 Å². The van der Waals surface area contributed by atoms with Crippen LogP contribution in [0.3, 0.4) is 0 Å². The fourth-order valence-corrected chi connectivity index (χ4v) is 2.96. The number of methoxy groups -OCH3 is 1. The monoisotopic (exact) mass is 303 g/mol. The molecule has 3 rings (SSSR count). The molecule has 1 amide bonds. The third-order valence-electron chi connectivity index (χ3n) is 4.55. The lowest BCUT2D eigenvalue weighted by molar-refractivity contribution is 0.0231. The number of aliphatic hydroxyl groups excluding tert-OH is 1. The van der Waals surface area contributed by atoms with Crippen LogP contribution in [-0.4, -0.2) is 42.2 Å². The predicted molar refractivity (Wildman–Crippen MR) is 83.2 cm³/mol. The molecule has 5 heteroatoms. The van der Waals surface area contributed by atoms with E-state index >= 15 is 0 Å². The molecule has 1 aliphatic heterocycles. The Bertz CT molecular complexity index is 706. The highest BCUT2D eigenvalue weighted by molar-refractivity contribution is 6.00. The van der Waals surface area contributed by atoms with Crippen molar-refractivity contribution >= 4 is 16.9 Å². The first kappa shape index (κ1) is 14.9. The highest BCUT2D eigenvalue weighted by Gasteiger charge is 2.31. The summed E-state index contributed by atoms with van der Waals surface area (Å²) in [5.74, 6) is 1.01. The van der Waals surface area contributed by atoms with Crippen LogP contribution in [0, 0.1) is 12.8 Å². The fraction of sp³-hybridized carbons (Fsp3) is 0.471. The third-order valence-corrected chi connectivity index (χ3v) is 4.55. The zero-order valence-corrected chi connectivity index (χ0v) is 13.1. The van der Waals surface area contributed by atoms with Crippen molar-refractivity contribution in [1.82, 2.24) is 4.90 Å². The minimum absolute atomic E-state index is 0.165. The Kier molecular flexibility index (Phi) is 3.83. The molecule has 0 spiro atoms. The first-order valence-electron chi connectivity index (χ1n) is 7.56. The van der Waals surface area contributed by atoms with Gasteiger partial charge < -0.3 is 19.2 Å². The van der Waals surface area contributed by atoms with Crippen LogP contribution in [0.2, 0.25) is 0 Å². The summed E-state index contributed by atoms with van der Waals surface area (Å²) < 4.78 is 11.1. The van der Waals surface area contributed by atoms with Crippen molar-refractivity contribution < 1.29 is 19.1 Å². The summed E-state index contributed by atoms with van der Waals surface area (Å²) in [6.07, 6.45) is 0.326. The number of nitrogens with zero attached hydrogens (tertiary/aromatic N) is 1. The molecule has 1 saturated heterocycles. The molecular weight excluding hydrogens is 282 g/mol. The summed E-state index contributed by atoms with van der Waals surface area (Å²) in [6, 6.07) is 5.61. The highest BCUT2D eigenvalue weighted by Crippen LogP contribution is 2.33. The van der Waals surface area contributed by atoms with Crippen LogP contribution in [0.5, 0.6) is 5.75 Å². The van der Waals surface area contributed by atoms with Gasteiger partial charge in [-0.05, 0) is 25.3 Å². The van der Waals surface area contributed by atoms with Gasteiger partial charge in [0.1, 0.15) is 0 Å². The largest absolute Gasteiger partial charge is 0.493 e. The second-order valence-corrected chi connectivity index (χ2v) is 5.98. The first-order chi connectivity index (χ1) is 10.5. The van der Waals surface area contributed by atoms with E-state index in [0.717, 1.165) is 17.4 Å². The van der Waals surface area contributed by atoms with Gasteiger partial charge in [0, 0.05) is 24.0 Å². The maximum absolute atomic E-state index is 12.7. The Morgan fingerprint density at radius 1 is 1.45 bits per heavy atom. The zero-order chi connectivity index (χ0) is 15.9. The second-order valence-electron chi connectivity index (χ2n) is 5.98. The topological polar surface area (TPSA) is 62.9 Å². The summed E-state index contributed by atoms with van der Waals surface area (Å²) in [6.45, 7) is 4.88. The van der Waals surface area contributed by atoms with Crippen molar-refractivity contribution in [1.29, 1.82) is 0 Å². The maximum atomic E-state index is 12.7. The summed E-state index contributed by atoms with van der Waals surface area (Å²) >= 11 is 0. The normalized spacial score (nSPS) is 22.1. The number of fused-ring (bicyclic) bond motifs is 1. The average molecular weight is 303 g/mol. The summed E-state index contributed by atoms with van der Waals surface area (Å²) in [5, 5.41) is 10.9. The number of rotatable bonds is 2. The van der Waals surface area contributed by atoms with E-state index in [4.69, 9.17) is 9.15 Å². The van der Waals surface area contributed by atoms with Crippen LogP contribution in [0.1, 0.15) is 29.5 Å². The van der Waals surface area contributed by atoms with Crippen molar-refractivity contribution in [2.45, 2.75) is 26.4 Å². The Morgan fingerprint density at radius 2 is 2.23 bits per heavy atom. The van der Waals surface area contributed by atoms with E-state index in [2.05, 4.69) is 0 Å². The van der Waals surface area contributed by atoms with E-state index in [9.17, 15) is 9.90 Å². The molecule has 1 aliphatic rings. The van der Waals surface area contributed by atoms with E-state index in [0.29, 0.717) is 30.2 Å². The molecule has 1 aromatic heterocycles. The molecular formula is C17H21NO4. The second kappa shape index (κ2) is 5.65. The van der Waals surface area contributed by atoms with Crippen LogP contribution in [0.4, 0.5) is 0 Å². The van der Waals surface area contributed by atoms with Crippen LogP contribution >= 0.6 is 0 Å². The Hall–Kier alpha value is -2.01. The molecule has 118 valence electrons. The van der Waals surface area contributed by atoms with Crippen LogP contribution in [0.25, 0.3) is 11.0 Å². The van der Waals surface area contributed by atoms with Gasteiger partial charge in [0.15, 0.2) is 17.1 Å². The Morgan fingerprint density at radius 3 is 2.91 bits per heavy atom. The van der Waals surface area contributed by atoms with E-state index in [1.807, 2.05) is 32.0 Å². The average Bonchev–Trinajstić information content (AvgIpc) is 2.86. The number of ether oxygens (including phenoxy) is 1. The number of carbonyl (C=O) groups is 1. The first-order valence-corrected chi connectivity index (χ1v) is 7.56. The molecule has 0 saturated carbocycles. The number of hydrogen-bond donors (Lipinski definition) is 1. The van der Waals surface area contributed by atoms with E-state index in [1.54, 1.807) is 12.0 Å². The Labute approximate surface area is 129 Å². The molecule has 1 N–H and O–H groups in total. The number of benzene rings is 1. The lowest BCUT2D eigenvalue weighted by Crippen LogP contribution is -2.45. The van der Waals surface area contributed by atoms with Crippen LogP contribution in [0.15, 0.2) is 22.6 Å². The molecule has 0 bridgehead atoms. The van der Waals surface area contributed by atoms with Crippen molar-refractivity contribution in [2.75, 3.05) is 20.2 Å². The molecule has 22 heavy (non-hydrogen) atoms. The standard InChI is InChI=1S/C17H21NO4/c1-10-7-8-18(9-13(10)19)17(20)15-11(2)12-5-4-6-14(21-3)16(12)22-15/h4-6,10,13,19H,7-9H2,1-3H3. The van der Waals surface area contributed by atoms with Gasteiger partial charge in [0.05, 0.1) is 13.2 Å². The van der Waals surface area contributed by atoms with Crippen molar-refractivity contribution in [3.05, 3.63) is 29.5 Å². The van der Waals surface area contributed by atoms with Crippen LogP contribution in [-0.2, 0) is 0 Å². The molecule has 2 heterocycles. The number of β-amino-alcohol motifs (C(OH)–C–C–N with tert-alkyl or cyclic N) is 1. The maximum Gasteiger partial charge on any atom is 0.289 e. The van der Waals surface area contributed by atoms with Gasteiger partial charge in [-0.2, -0.15) is 0 Å². The minimum atomic E-state index is -0.475. The van der Waals surface area contributed by atoms with Gasteiger partial charge in [-0.3, -0.25) is 4.79 Å². The van der Waals surface area contributed by atoms with Gasteiger partial charge in [0.2, 0.25) is 0 Å². The van der Waals surface area contributed by atoms with E-state index in [1.165, 1.54) is 0 Å². The smallest absolute Gasteiger partial charge is 0.289 e. The number of hydrogen-bond acceptors (Lipinski definition) is 4. The zero-order valence-electron chi connectivity index (χ0n) is 13.1. The number of aliphatic hydroxyl groups is 1. The van der Waals surface area contributed by atoms with Gasteiger partial charge in [-0.1, -0.05) is 19.1 Å². The number of amides is 1. The highest BCUT2D eigenvalue weighted by atomic mass is 16.5. The number of piperidine rings is 1. The molecule has 2 unspecified atom stereocenters. The number of likely N-dealkylation sites (tertiary alicyclic amines) is 1. The molecule has 0 aliphatic carbocycles. The molecule has 1 aromatic carbocycles. The van der Waals surface area contributed by atoms with Gasteiger partial charge >= 0.3 is 0 Å².